The van der Waals surface area contributed by atoms with Gasteiger partial charge in [0.1, 0.15) is 0 Å². The second-order valence-corrected chi connectivity index (χ2v) is 5.18. The minimum atomic E-state index is 0.117. The summed E-state index contributed by atoms with van der Waals surface area (Å²) in [5.41, 5.74) is 3.07. The van der Waals surface area contributed by atoms with E-state index >= 15 is 0 Å². The molecule has 19 heavy (non-hydrogen) atoms. The summed E-state index contributed by atoms with van der Waals surface area (Å²) in [6.45, 7) is 3.36. The van der Waals surface area contributed by atoms with E-state index in [9.17, 15) is 0 Å². The van der Waals surface area contributed by atoms with Crippen LogP contribution < -0.4 is 5.32 Å². The maximum absolute atomic E-state index is 8.59. The molecule has 2 rings (SSSR count). The number of hydrogen-bond donors (Lipinski definition) is 2. The Balaban J connectivity index is 1.67. The van der Waals surface area contributed by atoms with Crippen LogP contribution in [0.25, 0.3) is 0 Å². The summed E-state index contributed by atoms with van der Waals surface area (Å²) in [6, 6.07) is 8.85. The van der Waals surface area contributed by atoms with Crippen LogP contribution in [0.5, 0.6) is 0 Å². The highest BCUT2D eigenvalue weighted by Gasteiger charge is 2.18. The molecule has 0 heterocycles. The van der Waals surface area contributed by atoms with Gasteiger partial charge in [-0.25, -0.2) is 0 Å². The first-order valence-corrected chi connectivity index (χ1v) is 7.39. The average Bonchev–Trinajstić information content (AvgIpc) is 2.46. The Labute approximate surface area is 116 Å². The van der Waals surface area contributed by atoms with Crippen molar-refractivity contribution in [2.75, 3.05) is 32.9 Å². The van der Waals surface area contributed by atoms with Gasteiger partial charge in [0, 0.05) is 13.2 Å². The lowest BCUT2D eigenvalue weighted by molar-refractivity contribution is 0.0907. The van der Waals surface area contributed by atoms with E-state index in [-0.39, 0.29) is 6.61 Å². The molecule has 0 bridgehead atoms. The van der Waals surface area contributed by atoms with Crippen molar-refractivity contribution in [2.24, 2.45) is 0 Å². The molecule has 2 N–H and O–H groups in total. The van der Waals surface area contributed by atoms with Crippen molar-refractivity contribution < 1.29 is 9.84 Å². The van der Waals surface area contributed by atoms with E-state index in [2.05, 4.69) is 29.6 Å². The van der Waals surface area contributed by atoms with Crippen LogP contribution in [0.2, 0.25) is 0 Å². The lowest BCUT2D eigenvalue weighted by atomic mass is 9.83. The van der Waals surface area contributed by atoms with Crippen LogP contribution in [-0.4, -0.2) is 38.0 Å². The van der Waals surface area contributed by atoms with Crippen LogP contribution in [0.3, 0.4) is 0 Å². The number of nitrogens with one attached hydrogen (secondary N) is 1. The fourth-order valence-electron chi connectivity index (χ4n) is 2.81. The summed E-state index contributed by atoms with van der Waals surface area (Å²) in [5, 5.41) is 12.1. The van der Waals surface area contributed by atoms with Gasteiger partial charge in [0.25, 0.3) is 0 Å². The highest BCUT2D eigenvalue weighted by molar-refractivity contribution is 5.32. The van der Waals surface area contributed by atoms with Crippen molar-refractivity contribution in [1.29, 1.82) is 0 Å². The molecule has 0 fully saturated rings. The van der Waals surface area contributed by atoms with Crippen molar-refractivity contribution in [3.8, 4) is 0 Å². The molecule has 0 saturated carbocycles. The summed E-state index contributed by atoms with van der Waals surface area (Å²) >= 11 is 0. The van der Waals surface area contributed by atoms with Crippen molar-refractivity contribution in [2.45, 2.75) is 31.6 Å². The Morgan fingerprint density at radius 1 is 1.26 bits per heavy atom. The highest BCUT2D eigenvalue weighted by Crippen LogP contribution is 2.30. The first-order valence-electron chi connectivity index (χ1n) is 7.39. The normalized spacial score (nSPS) is 18.3. The first-order chi connectivity index (χ1) is 9.42. The van der Waals surface area contributed by atoms with E-state index in [0.717, 1.165) is 26.1 Å². The molecule has 0 aliphatic heterocycles. The average molecular weight is 263 g/mol. The third-order valence-electron chi connectivity index (χ3n) is 3.76. The smallest absolute Gasteiger partial charge is 0.0697 e. The van der Waals surface area contributed by atoms with Crippen molar-refractivity contribution in [1.82, 2.24) is 5.32 Å². The van der Waals surface area contributed by atoms with E-state index in [1.54, 1.807) is 0 Å². The van der Waals surface area contributed by atoms with Crippen LogP contribution in [0, 0.1) is 0 Å². The fourth-order valence-corrected chi connectivity index (χ4v) is 2.81. The molecule has 106 valence electrons. The number of benzene rings is 1. The van der Waals surface area contributed by atoms with Crippen LogP contribution in [0.15, 0.2) is 24.3 Å². The predicted molar refractivity (Wildman–Crippen MR) is 77.5 cm³/mol. The Hall–Kier alpha value is -0.900. The van der Waals surface area contributed by atoms with Crippen molar-refractivity contribution in [3.63, 3.8) is 0 Å². The molecule has 1 aromatic carbocycles. The second-order valence-electron chi connectivity index (χ2n) is 5.18. The van der Waals surface area contributed by atoms with Gasteiger partial charge in [0.15, 0.2) is 0 Å². The number of aliphatic hydroxyl groups is 1. The molecule has 0 aromatic heterocycles. The number of aliphatic hydroxyl groups excluding tert-OH is 1. The van der Waals surface area contributed by atoms with Gasteiger partial charge < -0.3 is 15.2 Å². The van der Waals surface area contributed by atoms with E-state index in [4.69, 9.17) is 9.84 Å². The summed E-state index contributed by atoms with van der Waals surface area (Å²) in [4.78, 5) is 0. The molecular formula is C16H25NO2. The molecule has 1 aliphatic carbocycles. The van der Waals surface area contributed by atoms with Crippen molar-refractivity contribution in [3.05, 3.63) is 35.4 Å². The molecule has 3 nitrogen and oxygen atoms in total. The number of rotatable bonds is 8. The van der Waals surface area contributed by atoms with Gasteiger partial charge in [-0.2, -0.15) is 0 Å². The predicted octanol–water partition coefficient (Wildman–Crippen LogP) is 2.10. The van der Waals surface area contributed by atoms with Gasteiger partial charge in [0.05, 0.1) is 13.2 Å². The molecule has 0 amide bonds. The maximum Gasteiger partial charge on any atom is 0.0697 e. The SMILES string of the molecule is OCCOCCCNCC1CCCc2ccccc21. The topological polar surface area (TPSA) is 41.5 Å². The number of aryl methyl sites for hydroxylation is 1. The summed E-state index contributed by atoms with van der Waals surface area (Å²) in [6.07, 6.45) is 4.85. The third kappa shape index (κ3) is 4.60. The van der Waals surface area contributed by atoms with Gasteiger partial charge in [-0.1, -0.05) is 24.3 Å². The minimum absolute atomic E-state index is 0.117. The number of fused-ring (bicyclic) bond motifs is 1. The highest BCUT2D eigenvalue weighted by atomic mass is 16.5. The largest absolute Gasteiger partial charge is 0.394 e. The van der Waals surface area contributed by atoms with Gasteiger partial charge in [-0.3, -0.25) is 0 Å². The molecule has 0 saturated heterocycles. The van der Waals surface area contributed by atoms with Crippen LogP contribution in [-0.2, 0) is 11.2 Å². The molecule has 1 unspecified atom stereocenters. The van der Waals surface area contributed by atoms with Gasteiger partial charge >= 0.3 is 0 Å². The Morgan fingerprint density at radius 3 is 3.05 bits per heavy atom. The van der Waals surface area contributed by atoms with E-state index in [0.29, 0.717) is 12.5 Å². The summed E-state index contributed by atoms with van der Waals surface area (Å²) in [7, 11) is 0. The molecule has 1 atom stereocenters. The zero-order chi connectivity index (χ0) is 13.3. The van der Waals surface area contributed by atoms with Crippen LogP contribution in [0.1, 0.15) is 36.3 Å². The molecule has 1 aliphatic rings. The fraction of sp³-hybridized carbons (Fsp3) is 0.625. The Bertz CT molecular complexity index is 368. The second kappa shape index (κ2) is 8.31. The minimum Gasteiger partial charge on any atom is -0.394 e. The molecule has 0 radical (unpaired) electrons. The van der Waals surface area contributed by atoms with E-state index < -0.39 is 0 Å². The van der Waals surface area contributed by atoms with Gasteiger partial charge in [-0.05, 0) is 49.3 Å². The third-order valence-corrected chi connectivity index (χ3v) is 3.76. The zero-order valence-corrected chi connectivity index (χ0v) is 11.6. The quantitative estimate of drug-likeness (QED) is 0.706. The first kappa shape index (κ1) is 14.5. The van der Waals surface area contributed by atoms with E-state index in [1.165, 1.54) is 30.4 Å². The van der Waals surface area contributed by atoms with Gasteiger partial charge in [0.2, 0.25) is 0 Å². The molecule has 3 heteroatoms. The maximum atomic E-state index is 8.59. The van der Waals surface area contributed by atoms with Crippen molar-refractivity contribution >= 4 is 0 Å². The van der Waals surface area contributed by atoms with E-state index in [1.807, 2.05) is 0 Å². The lowest BCUT2D eigenvalue weighted by Gasteiger charge is -2.25. The Morgan fingerprint density at radius 2 is 2.16 bits per heavy atom. The molecule has 1 aromatic rings. The van der Waals surface area contributed by atoms with Crippen LogP contribution in [0.4, 0.5) is 0 Å². The molecular weight excluding hydrogens is 238 g/mol. The number of hydrogen-bond acceptors (Lipinski definition) is 3. The number of ether oxygens (including phenoxy) is 1. The van der Waals surface area contributed by atoms with Crippen LogP contribution >= 0.6 is 0 Å². The zero-order valence-electron chi connectivity index (χ0n) is 11.6. The monoisotopic (exact) mass is 263 g/mol. The Kier molecular flexibility index (Phi) is 6.34. The van der Waals surface area contributed by atoms with Gasteiger partial charge in [-0.15, -0.1) is 0 Å². The lowest BCUT2D eigenvalue weighted by Crippen LogP contribution is -2.26. The standard InChI is InChI=1S/C16H25NO2/c18-10-12-19-11-4-9-17-13-15-7-3-6-14-5-1-2-8-16(14)15/h1-2,5,8,15,17-18H,3-4,6-7,9-13H2. The summed E-state index contributed by atoms with van der Waals surface area (Å²) < 4.78 is 5.24. The summed E-state index contributed by atoms with van der Waals surface area (Å²) in [5.74, 6) is 0.670. The molecule has 0 spiro atoms.